The molecule has 0 radical (unpaired) electrons. The number of nitrogens with zero attached hydrogens (tertiary/aromatic N) is 2. The quantitative estimate of drug-likeness (QED) is 0.863. The van der Waals surface area contributed by atoms with Gasteiger partial charge >= 0.3 is 0 Å². The molecule has 5 nitrogen and oxygen atoms in total. The minimum Gasteiger partial charge on any atom is -0.377 e. The summed E-state index contributed by atoms with van der Waals surface area (Å²) in [7, 11) is 0. The molecule has 4 N–H and O–H groups in total. The summed E-state index contributed by atoms with van der Waals surface area (Å²) in [4.78, 5) is 7.33. The highest BCUT2D eigenvalue weighted by Crippen LogP contribution is 2.62. The number of morpholine rings is 1. The number of hydrogen-bond acceptors (Lipinski definition) is 5. The third kappa shape index (κ3) is 1.93. The fourth-order valence-corrected chi connectivity index (χ4v) is 5.75. The van der Waals surface area contributed by atoms with Crippen molar-refractivity contribution in [2.45, 2.75) is 62.7 Å². The topological polar surface area (TPSA) is 77.4 Å². The highest BCUT2D eigenvalue weighted by molar-refractivity contribution is 5.49. The molecule has 2 saturated heterocycles. The second kappa shape index (κ2) is 4.47. The molecule has 1 spiro atoms. The fourth-order valence-electron chi connectivity index (χ4n) is 5.75. The number of aryl methyl sites for hydroxylation is 1. The van der Waals surface area contributed by atoms with Gasteiger partial charge in [-0.25, -0.2) is 4.98 Å². The Balaban J connectivity index is 1.36. The molecule has 1 aromatic rings. The van der Waals surface area contributed by atoms with Crippen LogP contribution in [0.15, 0.2) is 12.1 Å². The van der Waals surface area contributed by atoms with Crippen molar-refractivity contribution in [2.75, 3.05) is 18.1 Å². The molecule has 2 unspecified atom stereocenters. The summed E-state index contributed by atoms with van der Waals surface area (Å²) in [5.41, 5.74) is 15.2. The van der Waals surface area contributed by atoms with Gasteiger partial charge < -0.3 is 21.1 Å². The molecule has 2 bridgehead atoms. The zero-order valence-corrected chi connectivity index (χ0v) is 13.8. The SMILES string of the molecule is Cc1nc(N2C3COCC2C3)ccc1C1(N)CC2(CC(N)C2)C1. The van der Waals surface area contributed by atoms with Gasteiger partial charge in [-0.15, -0.1) is 0 Å². The standard InChI is InChI=1S/C18H26N4O/c1-11-15(18(20)9-17(10-18)5-12(19)6-17)2-3-16(21-11)22-13-4-14(22)8-23-7-13/h2-3,12-14H,4-10,19-20H2,1H3. The van der Waals surface area contributed by atoms with E-state index in [1.807, 2.05) is 0 Å². The van der Waals surface area contributed by atoms with E-state index in [9.17, 15) is 0 Å². The molecule has 1 aromatic heterocycles. The van der Waals surface area contributed by atoms with Gasteiger partial charge in [0.2, 0.25) is 0 Å². The number of ether oxygens (including phenoxy) is 1. The largest absolute Gasteiger partial charge is 0.377 e. The van der Waals surface area contributed by atoms with Crippen LogP contribution in [-0.4, -0.2) is 36.3 Å². The average Bonchev–Trinajstić information content (AvgIpc) is 2.44. The second-order valence-corrected chi connectivity index (χ2v) is 8.47. The van der Waals surface area contributed by atoms with E-state index in [0.29, 0.717) is 23.5 Å². The summed E-state index contributed by atoms with van der Waals surface area (Å²) in [6.07, 6.45) is 5.67. The first-order valence-electron chi connectivity index (χ1n) is 8.87. The molecule has 124 valence electrons. The lowest BCUT2D eigenvalue weighted by Gasteiger charge is -2.62. The Morgan fingerprint density at radius 2 is 1.91 bits per heavy atom. The number of pyridine rings is 1. The van der Waals surface area contributed by atoms with Crippen LogP contribution in [0.4, 0.5) is 5.82 Å². The first kappa shape index (κ1) is 14.2. The molecular weight excluding hydrogens is 288 g/mol. The summed E-state index contributed by atoms with van der Waals surface area (Å²) in [6.45, 7) is 3.78. The Morgan fingerprint density at radius 1 is 1.22 bits per heavy atom. The number of fused-ring (bicyclic) bond motifs is 2. The zero-order chi connectivity index (χ0) is 15.8. The van der Waals surface area contributed by atoms with E-state index in [1.54, 1.807) is 0 Å². The molecule has 23 heavy (non-hydrogen) atoms. The van der Waals surface area contributed by atoms with Crippen LogP contribution in [0.3, 0.4) is 0 Å². The van der Waals surface area contributed by atoms with E-state index in [-0.39, 0.29) is 5.54 Å². The van der Waals surface area contributed by atoms with Gasteiger partial charge in [-0.05, 0) is 56.1 Å². The van der Waals surface area contributed by atoms with Gasteiger partial charge in [0.05, 0.1) is 25.3 Å². The van der Waals surface area contributed by atoms with Crippen molar-refractivity contribution in [1.82, 2.24) is 4.98 Å². The van der Waals surface area contributed by atoms with Crippen molar-refractivity contribution in [3.05, 3.63) is 23.4 Å². The van der Waals surface area contributed by atoms with Gasteiger partial charge in [-0.2, -0.15) is 0 Å². The van der Waals surface area contributed by atoms with Crippen LogP contribution in [-0.2, 0) is 10.3 Å². The van der Waals surface area contributed by atoms with Gasteiger partial charge in [0.25, 0.3) is 0 Å². The van der Waals surface area contributed by atoms with Crippen LogP contribution in [0.5, 0.6) is 0 Å². The van der Waals surface area contributed by atoms with Crippen molar-refractivity contribution in [2.24, 2.45) is 16.9 Å². The number of rotatable bonds is 2. The molecule has 2 aliphatic heterocycles. The highest BCUT2D eigenvalue weighted by atomic mass is 16.5. The fraction of sp³-hybridized carbons (Fsp3) is 0.722. The predicted molar refractivity (Wildman–Crippen MR) is 89.2 cm³/mol. The van der Waals surface area contributed by atoms with Gasteiger partial charge in [-0.1, -0.05) is 6.07 Å². The van der Waals surface area contributed by atoms with E-state index in [1.165, 1.54) is 12.0 Å². The summed E-state index contributed by atoms with van der Waals surface area (Å²) in [6, 6.07) is 5.81. The Hall–Kier alpha value is -1.17. The smallest absolute Gasteiger partial charge is 0.129 e. The normalized spacial score (nSPS) is 44.5. The maximum Gasteiger partial charge on any atom is 0.129 e. The lowest BCUT2D eigenvalue weighted by Crippen LogP contribution is -2.64. The van der Waals surface area contributed by atoms with E-state index in [2.05, 4.69) is 24.0 Å². The number of nitrogens with two attached hydrogens (primary N) is 2. The maximum atomic E-state index is 6.71. The molecule has 0 amide bonds. The van der Waals surface area contributed by atoms with Crippen molar-refractivity contribution in [1.29, 1.82) is 0 Å². The predicted octanol–water partition coefficient (Wildman–Crippen LogP) is 1.42. The Morgan fingerprint density at radius 3 is 2.48 bits per heavy atom. The molecule has 2 atom stereocenters. The van der Waals surface area contributed by atoms with Crippen LogP contribution < -0.4 is 16.4 Å². The Kier molecular flexibility index (Phi) is 2.76. The van der Waals surface area contributed by atoms with Crippen molar-refractivity contribution < 1.29 is 4.74 Å². The van der Waals surface area contributed by atoms with Gasteiger partial charge in [-0.3, -0.25) is 0 Å². The molecule has 5 heteroatoms. The summed E-state index contributed by atoms with van der Waals surface area (Å²) >= 11 is 0. The van der Waals surface area contributed by atoms with E-state index >= 15 is 0 Å². The minimum absolute atomic E-state index is 0.191. The summed E-state index contributed by atoms with van der Waals surface area (Å²) < 4.78 is 5.57. The lowest BCUT2D eigenvalue weighted by atomic mass is 9.46. The minimum atomic E-state index is -0.191. The Bertz CT molecular complexity index is 632. The molecule has 4 fully saturated rings. The average molecular weight is 314 g/mol. The number of aromatic nitrogens is 1. The first-order valence-corrected chi connectivity index (χ1v) is 8.87. The third-order valence-corrected chi connectivity index (χ3v) is 6.59. The second-order valence-electron chi connectivity index (χ2n) is 8.47. The number of anilines is 1. The molecule has 4 aliphatic rings. The van der Waals surface area contributed by atoms with E-state index in [0.717, 1.165) is 50.4 Å². The Labute approximate surface area is 137 Å². The first-order chi connectivity index (χ1) is 11.0. The zero-order valence-electron chi connectivity index (χ0n) is 13.8. The van der Waals surface area contributed by atoms with Gasteiger partial charge in [0, 0.05) is 17.3 Å². The monoisotopic (exact) mass is 314 g/mol. The molecule has 3 heterocycles. The van der Waals surface area contributed by atoms with Crippen LogP contribution >= 0.6 is 0 Å². The van der Waals surface area contributed by atoms with E-state index in [4.69, 9.17) is 21.2 Å². The van der Waals surface area contributed by atoms with Crippen molar-refractivity contribution in [3.63, 3.8) is 0 Å². The third-order valence-electron chi connectivity index (χ3n) is 6.59. The number of hydrogen-bond donors (Lipinski definition) is 2. The van der Waals surface area contributed by atoms with E-state index < -0.39 is 0 Å². The molecular formula is C18H26N4O. The molecule has 2 aliphatic carbocycles. The summed E-state index contributed by atoms with van der Waals surface area (Å²) in [5.74, 6) is 1.10. The molecule has 0 aromatic carbocycles. The van der Waals surface area contributed by atoms with Crippen LogP contribution in [0, 0.1) is 12.3 Å². The molecule has 2 saturated carbocycles. The van der Waals surface area contributed by atoms with Crippen molar-refractivity contribution in [3.8, 4) is 0 Å². The van der Waals surface area contributed by atoms with Gasteiger partial charge in [0.15, 0.2) is 0 Å². The summed E-state index contributed by atoms with van der Waals surface area (Å²) in [5, 5.41) is 0. The van der Waals surface area contributed by atoms with Gasteiger partial charge in [0.1, 0.15) is 5.82 Å². The molecule has 5 rings (SSSR count). The lowest BCUT2D eigenvalue weighted by molar-refractivity contribution is -0.0594. The van der Waals surface area contributed by atoms with Crippen LogP contribution in [0.2, 0.25) is 0 Å². The van der Waals surface area contributed by atoms with Crippen LogP contribution in [0.1, 0.15) is 43.4 Å². The maximum absolute atomic E-state index is 6.71. The van der Waals surface area contributed by atoms with Crippen LogP contribution in [0.25, 0.3) is 0 Å². The highest BCUT2D eigenvalue weighted by Gasteiger charge is 2.58. The van der Waals surface area contributed by atoms with Crippen molar-refractivity contribution >= 4 is 5.82 Å².